The maximum Gasteiger partial charge on any atom is 0.350 e. The van der Waals surface area contributed by atoms with E-state index in [9.17, 15) is 14.4 Å². The summed E-state index contributed by atoms with van der Waals surface area (Å²) in [5.74, 6) is 5.76. The smallest absolute Gasteiger partial charge is 0.350 e. The zero-order valence-electron chi connectivity index (χ0n) is 18.0. The van der Waals surface area contributed by atoms with Crippen molar-refractivity contribution in [3.63, 3.8) is 0 Å². The molecule has 1 aromatic heterocycles. The Morgan fingerprint density at radius 1 is 1.07 bits per heavy atom. The number of esters is 1. The van der Waals surface area contributed by atoms with Crippen LogP contribution in [0.1, 0.15) is 92.1 Å². The first-order valence-corrected chi connectivity index (χ1v) is 11.9. The number of hydrogen-bond acceptors (Lipinski definition) is 5. The fourth-order valence-electron chi connectivity index (χ4n) is 4.56. The summed E-state index contributed by atoms with van der Waals surface area (Å²) in [5.41, 5.74) is 0.607. The molecule has 0 radical (unpaired) electrons. The van der Waals surface area contributed by atoms with E-state index in [1.807, 2.05) is 11.0 Å². The summed E-state index contributed by atoms with van der Waals surface area (Å²) in [4.78, 5) is 41.2. The second-order valence-corrected chi connectivity index (χ2v) is 9.26. The lowest BCUT2D eigenvalue weighted by Gasteiger charge is -2.36. The van der Waals surface area contributed by atoms with E-state index in [0.717, 1.165) is 30.6 Å². The second-order valence-electron chi connectivity index (χ2n) is 8.21. The Bertz CT molecular complexity index is 829. The molecule has 2 aliphatic carbocycles. The molecular weight excluding hydrogens is 398 g/mol. The van der Waals surface area contributed by atoms with E-state index in [1.165, 1.54) is 37.7 Å². The SMILES string of the molecule is CC#Cc1cc(N(C(=O)C2CCCCCCC2)C2CCC(=O)CC2)c(C(=O)OC)s1. The number of carbonyl (C=O) groups excluding carboxylic acids is 3. The van der Waals surface area contributed by atoms with Crippen LogP contribution < -0.4 is 4.90 Å². The molecule has 0 aromatic carbocycles. The van der Waals surface area contributed by atoms with Crippen molar-refractivity contribution in [3.05, 3.63) is 15.8 Å². The van der Waals surface area contributed by atoms with Gasteiger partial charge in [0.1, 0.15) is 10.7 Å². The van der Waals surface area contributed by atoms with Gasteiger partial charge in [-0.05, 0) is 38.7 Å². The molecule has 2 fully saturated rings. The average Bonchev–Trinajstić information content (AvgIpc) is 3.12. The van der Waals surface area contributed by atoms with Crippen LogP contribution in [0.3, 0.4) is 0 Å². The van der Waals surface area contributed by atoms with Gasteiger partial charge in [0.15, 0.2) is 0 Å². The molecule has 1 heterocycles. The minimum atomic E-state index is -0.443. The molecule has 2 saturated carbocycles. The van der Waals surface area contributed by atoms with Gasteiger partial charge in [-0.2, -0.15) is 0 Å². The summed E-state index contributed by atoms with van der Waals surface area (Å²) < 4.78 is 5.02. The first-order chi connectivity index (χ1) is 14.5. The molecule has 1 aromatic rings. The molecule has 0 saturated heterocycles. The molecule has 5 nitrogen and oxygen atoms in total. The number of thiophene rings is 1. The number of ether oxygens (including phenoxy) is 1. The number of methoxy groups -OCH3 is 1. The van der Waals surface area contributed by atoms with Crippen molar-refractivity contribution in [2.75, 3.05) is 12.0 Å². The van der Waals surface area contributed by atoms with Gasteiger partial charge in [-0.15, -0.1) is 17.3 Å². The van der Waals surface area contributed by atoms with Crippen molar-refractivity contribution in [1.29, 1.82) is 0 Å². The van der Waals surface area contributed by atoms with Crippen molar-refractivity contribution < 1.29 is 19.1 Å². The van der Waals surface area contributed by atoms with E-state index in [-0.39, 0.29) is 23.7 Å². The summed E-state index contributed by atoms with van der Waals surface area (Å²) in [6.07, 6.45) is 9.74. The fraction of sp³-hybridized carbons (Fsp3) is 0.625. The molecule has 0 bridgehead atoms. The highest BCUT2D eigenvalue weighted by Crippen LogP contribution is 2.37. The van der Waals surface area contributed by atoms with Crippen molar-refractivity contribution in [3.8, 4) is 11.8 Å². The zero-order chi connectivity index (χ0) is 21.5. The number of anilines is 1. The summed E-state index contributed by atoms with van der Waals surface area (Å²) in [6.45, 7) is 1.75. The van der Waals surface area contributed by atoms with Crippen LogP contribution in [0, 0.1) is 17.8 Å². The van der Waals surface area contributed by atoms with Crippen LogP contribution in [0.25, 0.3) is 0 Å². The minimum Gasteiger partial charge on any atom is -0.465 e. The van der Waals surface area contributed by atoms with Crippen molar-refractivity contribution >= 4 is 34.7 Å². The molecule has 0 spiro atoms. The first kappa shape index (κ1) is 22.6. The van der Waals surface area contributed by atoms with E-state index in [1.54, 1.807) is 6.92 Å². The lowest BCUT2D eigenvalue weighted by molar-refractivity contribution is -0.125. The van der Waals surface area contributed by atoms with Crippen LogP contribution >= 0.6 is 11.3 Å². The van der Waals surface area contributed by atoms with Gasteiger partial charge in [-0.25, -0.2) is 4.79 Å². The Morgan fingerprint density at radius 2 is 1.70 bits per heavy atom. The number of Topliss-reactive ketones (excluding diaryl/α,β-unsaturated/α-hetero) is 1. The Labute approximate surface area is 183 Å². The average molecular weight is 430 g/mol. The molecule has 6 heteroatoms. The third-order valence-electron chi connectivity index (χ3n) is 6.16. The predicted octanol–water partition coefficient (Wildman–Crippen LogP) is 5.11. The van der Waals surface area contributed by atoms with Crippen molar-refractivity contribution in [2.45, 2.75) is 83.6 Å². The number of carbonyl (C=O) groups is 3. The molecule has 0 N–H and O–H groups in total. The molecule has 0 atom stereocenters. The fourth-order valence-corrected chi connectivity index (χ4v) is 5.53. The second kappa shape index (κ2) is 10.8. The monoisotopic (exact) mass is 429 g/mol. The van der Waals surface area contributed by atoms with Crippen LogP contribution in [0.2, 0.25) is 0 Å². The lowest BCUT2D eigenvalue weighted by Crippen LogP contribution is -2.46. The Hall–Kier alpha value is -2.13. The number of ketones is 1. The quantitative estimate of drug-likeness (QED) is 0.493. The van der Waals surface area contributed by atoms with Crippen molar-refractivity contribution in [2.24, 2.45) is 5.92 Å². The molecule has 30 heavy (non-hydrogen) atoms. The van der Waals surface area contributed by atoms with Crippen LogP contribution in [0.15, 0.2) is 6.07 Å². The van der Waals surface area contributed by atoms with Crippen LogP contribution in [0.5, 0.6) is 0 Å². The normalized spacial score (nSPS) is 18.7. The van der Waals surface area contributed by atoms with Crippen molar-refractivity contribution in [1.82, 2.24) is 0 Å². The van der Waals surface area contributed by atoms with E-state index >= 15 is 0 Å². The van der Waals surface area contributed by atoms with Gasteiger partial charge in [-0.1, -0.05) is 38.0 Å². The maximum atomic E-state index is 13.8. The minimum absolute atomic E-state index is 0.0333. The molecule has 1 amide bonds. The van der Waals surface area contributed by atoms with E-state index < -0.39 is 5.97 Å². The third-order valence-corrected chi connectivity index (χ3v) is 7.18. The number of rotatable bonds is 4. The highest BCUT2D eigenvalue weighted by molar-refractivity contribution is 7.15. The number of amides is 1. The van der Waals surface area contributed by atoms with Gasteiger partial charge in [-0.3, -0.25) is 9.59 Å². The van der Waals surface area contributed by atoms with E-state index in [2.05, 4.69) is 11.8 Å². The van der Waals surface area contributed by atoms with Crippen LogP contribution in [0.4, 0.5) is 5.69 Å². The third kappa shape index (κ3) is 5.31. The Morgan fingerprint density at radius 3 is 2.30 bits per heavy atom. The van der Waals surface area contributed by atoms with E-state index in [4.69, 9.17) is 4.74 Å². The summed E-state index contributed by atoms with van der Waals surface area (Å²) in [7, 11) is 1.36. The zero-order valence-corrected chi connectivity index (χ0v) is 18.8. The molecule has 0 unspecified atom stereocenters. The Kier molecular flexibility index (Phi) is 8.09. The molecule has 3 rings (SSSR count). The van der Waals surface area contributed by atoms with Gasteiger partial charge >= 0.3 is 5.97 Å². The molecule has 162 valence electrons. The first-order valence-electron chi connectivity index (χ1n) is 11.0. The van der Waals surface area contributed by atoms with Gasteiger partial charge < -0.3 is 9.64 Å². The van der Waals surface area contributed by atoms with E-state index in [0.29, 0.717) is 36.2 Å². The molecule has 2 aliphatic rings. The maximum absolute atomic E-state index is 13.8. The number of hydrogen-bond donors (Lipinski definition) is 0. The topological polar surface area (TPSA) is 63.7 Å². The van der Waals surface area contributed by atoms with Crippen LogP contribution in [-0.2, 0) is 14.3 Å². The highest BCUT2D eigenvalue weighted by Gasteiger charge is 2.36. The summed E-state index contributed by atoms with van der Waals surface area (Å²) >= 11 is 1.27. The Balaban J connectivity index is 2.00. The number of nitrogens with zero attached hydrogens (tertiary/aromatic N) is 1. The van der Waals surface area contributed by atoms with Gasteiger partial charge in [0.25, 0.3) is 0 Å². The largest absolute Gasteiger partial charge is 0.465 e. The molecule has 0 aliphatic heterocycles. The lowest BCUT2D eigenvalue weighted by atomic mass is 9.87. The van der Waals surface area contributed by atoms with Gasteiger partial charge in [0.05, 0.1) is 17.7 Å². The predicted molar refractivity (Wildman–Crippen MR) is 119 cm³/mol. The standard InChI is InChI=1S/C24H31NO4S/c1-3-9-20-16-21(22(30-20)24(28)29-2)25(18-12-14-19(26)15-13-18)23(27)17-10-7-5-4-6-8-11-17/h16-18H,4-8,10-15H2,1-2H3. The summed E-state index contributed by atoms with van der Waals surface area (Å²) in [6, 6.07) is 1.78. The molecular formula is C24H31NO4S. The summed E-state index contributed by atoms with van der Waals surface area (Å²) in [5, 5.41) is 0. The van der Waals surface area contributed by atoms with Gasteiger partial charge in [0.2, 0.25) is 5.91 Å². The van der Waals surface area contributed by atoms with Crippen LogP contribution in [-0.4, -0.2) is 30.8 Å². The van der Waals surface area contributed by atoms with Gasteiger partial charge in [0, 0.05) is 24.8 Å². The highest BCUT2D eigenvalue weighted by atomic mass is 32.1.